The SMILES string of the molecule is CC1CC(C)CN(C(=O)CN2CCN(Cc3cc(Cl)c4c(c3)OCCCO4)CC2)C1. The first-order valence-electron chi connectivity index (χ1n) is 11.3. The van der Waals surface area contributed by atoms with Crippen LogP contribution >= 0.6 is 11.6 Å². The van der Waals surface area contributed by atoms with Crippen LogP contribution in [0.1, 0.15) is 32.3 Å². The number of benzene rings is 1. The Kier molecular flexibility index (Phi) is 7.06. The summed E-state index contributed by atoms with van der Waals surface area (Å²) in [6, 6.07) is 4.05. The maximum absolute atomic E-state index is 12.8. The van der Waals surface area contributed by atoms with E-state index in [1.165, 1.54) is 6.42 Å². The molecule has 2 fully saturated rings. The molecule has 2 unspecified atom stereocenters. The number of likely N-dealkylation sites (tertiary alicyclic amines) is 1. The van der Waals surface area contributed by atoms with Crippen LogP contribution in [0.5, 0.6) is 11.5 Å². The second-order valence-electron chi connectivity index (χ2n) is 9.25. The minimum atomic E-state index is 0.288. The van der Waals surface area contributed by atoms with Crippen molar-refractivity contribution in [2.75, 3.05) is 59.0 Å². The molecule has 2 saturated heterocycles. The number of carbonyl (C=O) groups is 1. The van der Waals surface area contributed by atoms with E-state index in [0.29, 0.717) is 42.4 Å². The number of hydrogen-bond acceptors (Lipinski definition) is 5. The monoisotopic (exact) mass is 435 g/mol. The molecule has 3 heterocycles. The van der Waals surface area contributed by atoms with Gasteiger partial charge in [-0.25, -0.2) is 0 Å². The summed E-state index contributed by atoms with van der Waals surface area (Å²) in [4.78, 5) is 19.6. The summed E-state index contributed by atoms with van der Waals surface area (Å²) >= 11 is 6.44. The van der Waals surface area contributed by atoms with Crippen molar-refractivity contribution >= 4 is 17.5 Å². The molecule has 166 valence electrons. The predicted molar refractivity (Wildman–Crippen MR) is 118 cm³/mol. The van der Waals surface area contributed by atoms with E-state index in [1.807, 2.05) is 6.07 Å². The lowest BCUT2D eigenvalue weighted by Gasteiger charge is -2.38. The van der Waals surface area contributed by atoms with Crippen molar-refractivity contribution < 1.29 is 14.3 Å². The van der Waals surface area contributed by atoms with E-state index >= 15 is 0 Å². The van der Waals surface area contributed by atoms with Crippen LogP contribution in [0.2, 0.25) is 5.02 Å². The van der Waals surface area contributed by atoms with Gasteiger partial charge in [0.05, 0.1) is 24.8 Å². The fourth-order valence-corrected chi connectivity index (χ4v) is 5.18. The number of rotatable bonds is 4. The summed E-state index contributed by atoms with van der Waals surface area (Å²) in [6.07, 6.45) is 2.10. The molecule has 1 amide bonds. The number of hydrogen-bond donors (Lipinski definition) is 0. The minimum absolute atomic E-state index is 0.288. The molecule has 1 aromatic carbocycles. The fraction of sp³-hybridized carbons (Fsp3) is 0.696. The second kappa shape index (κ2) is 9.75. The van der Waals surface area contributed by atoms with E-state index in [-0.39, 0.29) is 5.91 Å². The van der Waals surface area contributed by atoms with E-state index in [4.69, 9.17) is 21.1 Å². The van der Waals surface area contributed by atoms with E-state index < -0.39 is 0 Å². The summed E-state index contributed by atoms with van der Waals surface area (Å²) in [6.45, 7) is 12.7. The third kappa shape index (κ3) is 5.40. The Hall–Kier alpha value is -1.50. The summed E-state index contributed by atoms with van der Waals surface area (Å²) in [5, 5.41) is 0.624. The van der Waals surface area contributed by atoms with Gasteiger partial charge in [0.15, 0.2) is 11.5 Å². The van der Waals surface area contributed by atoms with Crippen molar-refractivity contribution in [1.82, 2.24) is 14.7 Å². The number of piperidine rings is 1. The highest BCUT2D eigenvalue weighted by atomic mass is 35.5. The fourth-order valence-electron chi connectivity index (χ4n) is 4.90. The van der Waals surface area contributed by atoms with E-state index in [1.54, 1.807) is 0 Å². The molecule has 2 atom stereocenters. The van der Waals surface area contributed by atoms with Gasteiger partial charge in [-0.2, -0.15) is 0 Å². The summed E-state index contributed by atoms with van der Waals surface area (Å²) in [7, 11) is 0. The van der Waals surface area contributed by atoms with Gasteiger partial charge in [0, 0.05) is 52.2 Å². The van der Waals surface area contributed by atoms with Gasteiger partial charge < -0.3 is 14.4 Å². The first kappa shape index (κ1) is 21.7. The smallest absolute Gasteiger partial charge is 0.236 e. The highest BCUT2D eigenvalue weighted by Crippen LogP contribution is 2.38. The molecule has 0 aromatic heterocycles. The molecule has 0 N–H and O–H groups in total. The van der Waals surface area contributed by atoms with Gasteiger partial charge in [-0.15, -0.1) is 0 Å². The first-order valence-corrected chi connectivity index (χ1v) is 11.7. The van der Waals surface area contributed by atoms with Gasteiger partial charge in [0.1, 0.15) is 0 Å². The Bertz CT molecular complexity index is 741. The number of ether oxygens (including phenoxy) is 2. The number of piperazine rings is 1. The van der Waals surface area contributed by atoms with Crippen LogP contribution in [0.4, 0.5) is 0 Å². The van der Waals surface area contributed by atoms with Gasteiger partial charge in [-0.3, -0.25) is 14.6 Å². The number of carbonyl (C=O) groups excluding carboxylic acids is 1. The van der Waals surface area contributed by atoms with Gasteiger partial charge in [0.2, 0.25) is 5.91 Å². The Labute approximate surface area is 185 Å². The average molecular weight is 436 g/mol. The minimum Gasteiger partial charge on any atom is -0.489 e. The van der Waals surface area contributed by atoms with E-state index in [2.05, 4.69) is 34.6 Å². The van der Waals surface area contributed by atoms with Crippen molar-refractivity contribution in [2.45, 2.75) is 33.2 Å². The Balaban J connectivity index is 1.27. The van der Waals surface area contributed by atoms with E-state index in [0.717, 1.165) is 63.5 Å². The lowest BCUT2D eigenvalue weighted by molar-refractivity contribution is -0.135. The normalized spacial score (nSPS) is 25.8. The zero-order chi connectivity index (χ0) is 21.1. The topological polar surface area (TPSA) is 45.3 Å². The maximum atomic E-state index is 12.8. The van der Waals surface area contributed by atoms with Crippen LogP contribution in [0.25, 0.3) is 0 Å². The van der Waals surface area contributed by atoms with Crippen molar-refractivity contribution in [3.63, 3.8) is 0 Å². The molecule has 0 radical (unpaired) electrons. The van der Waals surface area contributed by atoms with Gasteiger partial charge in [0.25, 0.3) is 0 Å². The molecule has 1 aromatic rings. The van der Waals surface area contributed by atoms with Gasteiger partial charge >= 0.3 is 0 Å². The van der Waals surface area contributed by atoms with Crippen LogP contribution in [0, 0.1) is 11.8 Å². The van der Waals surface area contributed by atoms with Crippen LogP contribution in [0.15, 0.2) is 12.1 Å². The number of fused-ring (bicyclic) bond motifs is 1. The number of nitrogens with zero attached hydrogens (tertiary/aromatic N) is 3. The molecule has 7 heteroatoms. The molecule has 3 aliphatic rings. The number of amides is 1. The molecule has 6 nitrogen and oxygen atoms in total. The maximum Gasteiger partial charge on any atom is 0.236 e. The second-order valence-corrected chi connectivity index (χ2v) is 9.66. The molecule has 4 rings (SSSR count). The van der Waals surface area contributed by atoms with Crippen LogP contribution < -0.4 is 9.47 Å². The quantitative estimate of drug-likeness (QED) is 0.727. The Morgan fingerprint density at radius 1 is 1.03 bits per heavy atom. The summed E-state index contributed by atoms with van der Waals surface area (Å²) in [5.74, 6) is 2.93. The van der Waals surface area contributed by atoms with Crippen molar-refractivity contribution in [3.8, 4) is 11.5 Å². The molecular weight excluding hydrogens is 402 g/mol. The Morgan fingerprint density at radius 2 is 1.70 bits per heavy atom. The third-order valence-corrected chi connectivity index (χ3v) is 6.59. The lowest BCUT2D eigenvalue weighted by Crippen LogP contribution is -2.51. The molecule has 3 aliphatic heterocycles. The largest absolute Gasteiger partial charge is 0.489 e. The highest BCUT2D eigenvalue weighted by Gasteiger charge is 2.27. The molecule has 0 aliphatic carbocycles. The third-order valence-electron chi connectivity index (χ3n) is 6.31. The first-order chi connectivity index (χ1) is 14.5. The van der Waals surface area contributed by atoms with Crippen molar-refractivity contribution in [2.24, 2.45) is 11.8 Å². The van der Waals surface area contributed by atoms with E-state index in [9.17, 15) is 4.79 Å². The van der Waals surface area contributed by atoms with Crippen LogP contribution in [0.3, 0.4) is 0 Å². The number of halogens is 1. The average Bonchev–Trinajstić information content (AvgIpc) is 2.95. The Morgan fingerprint density at radius 3 is 2.43 bits per heavy atom. The lowest BCUT2D eigenvalue weighted by atomic mass is 9.92. The zero-order valence-corrected chi connectivity index (χ0v) is 19.0. The van der Waals surface area contributed by atoms with Gasteiger partial charge in [-0.05, 0) is 36.0 Å². The van der Waals surface area contributed by atoms with Crippen LogP contribution in [-0.2, 0) is 11.3 Å². The highest BCUT2D eigenvalue weighted by molar-refractivity contribution is 6.32. The standard InChI is InChI=1S/C23H34ClN3O3/c1-17-10-18(2)14-27(13-17)22(28)16-26-6-4-25(5-7-26)15-19-11-20(24)23-21(12-19)29-8-3-9-30-23/h11-12,17-18H,3-10,13-16H2,1-2H3. The predicted octanol–water partition coefficient (Wildman–Crippen LogP) is 3.12. The molecular formula is C23H34ClN3O3. The summed E-state index contributed by atoms with van der Waals surface area (Å²) in [5.41, 5.74) is 1.14. The van der Waals surface area contributed by atoms with Crippen molar-refractivity contribution in [1.29, 1.82) is 0 Å². The van der Waals surface area contributed by atoms with Crippen molar-refractivity contribution in [3.05, 3.63) is 22.7 Å². The van der Waals surface area contributed by atoms with Gasteiger partial charge in [-0.1, -0.05) is 25.4 Å². The van der Waals surface area contributed by atoms with Crippen LogP contribution in [-0.4, -0.2) is 79.6 Å². The summed E-state index contributed by atoms with van der Waals surface area (Å²) < 4.78 is 11.5. The molecule has 30 heavy (non-hydrogen) atoms. The molecule has 0 saturated carbocycles. The zero-order valence-electron chi connectivity index (χ0n) is 18.2. The molecule has 0 bridgehead atoms. The molecule has 0 spiro atoms.